The van der Waals surface area contributed by atoms with E-state index >= 15 is 0 Å². The Balaban J connectivity index is 2.36. The highest BCUT2D eigenvalue weighted by atomic mass is 15.1. The molecule has 0 aliphatic carbocycles. The lowest BCUT2D eigenvalue weighted by molar-refractivity contribution is 0.535. The fraction of sp³-hybridized carbons (Fsp3) is 0.556. The molecule has 4 nitrogen and oxygen atoms in total. The van der Waals surface area contributed by atoms with Crippen LogP contribution < -0.4 is 5.32 Å². The van der Waals surface area contributed by atoms with Crippen molar-refractivity contribution in [3.63, 3.8) is 0 Å². The molecule has 0 aliphatic rings. The molecule has 0 bridgehead atoms. The minimum Gasteiger partial charge on any atom is -0.337 e. The summed E-state index contributed by atoms with van der Waals surface area (Å²) >= 11 is 0. The molecule has 0 aromatic carbocycles. The Labute approximate surface area is 78.2 Å². The maximum atomic E-state index is 8.44. The molecule has 0 fully saturated rings. The van der Waals surface area contributed by atoms with E-state index < -0.39 is 0 Å². The van der Waals surface area contributed by atoms with Crippen LogP contribution in [0.25, 0.3) is 0 Å². The molecule has 0 saturated heterocycles. The molecular formula is C9H14N4. The average molecular weight is 178 g/mol. The van der Waals surface area contributed by atoms with Gasteiger partial charge in [-0.05, 0) is 6.92 Å². The number of nitriles is 1. The van der Waals surface area contributed by atoms with E-state index in [-0.39, 0.29) is 6.04 Å². The smallest absolute Gasteiger partial charge is 0.122 e. The molecule has 0 radical (unpaired) electrons. The van der Waals surface area contributed by atoms with E-state index in [1.165, 1.54) is 0 Å². The van der Waals surface area contributed by atoms with Crippen LogP contribution in [0.15, 0.2) is 12.4 Å². The standard InChI is InChI=1S/C9H14N4/c1-8(3-4-10)12-7-9-11-5-6-13(9)2/h5-6,8,12H,3,7H2,1-2H3. The number of rotatable bonds is 4. The Morgan fingerprint density at radius 3 is 3.08 bits per heavy atom. The van der Waals surface area contributed by atoms with E-state index in [0.717, 1.165) is 5.82 Å². The third-order valence-corrected chi connectivity index (χ3v) is 1.93. The molecule has 1 rings (SSSR count). The van der Waals surface area contributed by atoms with Crippen LogP contribution in [-0.4, -0.2) is 15.6 Å². The highest BCUT2D eigenvalue weighted by Crippen LogP contribution is 1.95. The van der Waals surface area contributed by atoms with Crippen LogP contribution in [0, 0.1) is 11.3 Å². The molecule has 0 aliphatic heterocycles. The second kappa shape index (κ2) is 4.63. The van der Waals surface area contributed by atoms with Crippen LogP contribution in [-0.2, 0) is 13.6 Å². The van der Waals surface area contributed by atoms with Gasteiger partial charge in [-0.15, -0.1) is 0 Å². The molecule has 1 aromatic rings. The molecule has 1 aromatic heterocycles. The zero-order valence-corrected chi connectivity index (χ0v) is 7.99. The molecule has 0 spiro atoms. The van der Waals surface area contributed by atoms with Crippen molar-refractivity contribution in [1.29, 1.82) is 5.26 Å². The van der Waals surface area contributed by atoms with Gasteiger partial charge in [0.15, 0.2) is 0 Å². The summed E-state index contributed by atoms with van der Waals surface area (Å²) in [5.41, 5.74) is 0. The third kappa shape index (κ3) is 2.88. The maximum Gasteiger partial charge on any atom is 0.122 e. The first-order valence-electron chi connectivity index (χ1n) is 4.30. The van der Waals surface area contributed by atoms with Crippen molar-refractivity contribution in [2.45, 2.75) is 25.9 Å². The van der Waals surface area contributed by atoms with Crippen LogP contribution >= 0.6 is 0 Å². The van der Waals surface area contributed by atoms with Gasteiger partial charge in [-0.3, -0.25) is 0 Å². The van der Waals surface area contributed by atoms with E-state index in [0.29, 0.717) is 13.0 Å². The Morgan fingerprint density at radius 1 is 1.77 bits per heavy atom. The van der Waals surface area contributed by atoms with Gasteiger partial charge in [-0.2, -0.15) is 5.26 Å². The summed E-state index contributed by atoms with van der Waals surface area (Å²) in [7, 11) is 1.96. The molecule has 1 N–H and O–H groups in total. The number of imidazole rings is 1. The van der Waals surface area contributed by atoms with Gasteiger partial charge in [0.1, 0.15) is 5.82 Å². The van der Waals surface area contributed by atoms with Gasteiger partial charge in [0.2, 0.25) is 0 Å². The fourth-order valence-corrected chi connectivity index (χ4v) is 1.04. The fourth-order valence-electron chi connectivity index (χ4n) is 1.04. The Hall–Kier alpha value is -1.34. The monoisotopic (exact) mass is 178 g/mol. The van der Waals surface area contributed by atoms with Crippen LogP contribution in [0.4, 0.5) is 0 Å². The predicted octanol–water partition coefficient (Wildman–Crippen LogP) is 0.812. The summed E-state index contributed by atoms with van der Waals surface area (Å²) in [5, 5.41) is 11.7. The number of hydrogen-bond donors (Lipinski definition) is 1. The van der Waals surface area contributed by atoms with Crippen molar-refractivity contribution in [1.82, 2.24) is 14.9 Å². The van der Waals surface area contributed by atoms with Crippen molar-refractivity contribution in [2.24, 2.45) is 7.05 Å². The second-order valence-electron chi connectivity index (χ2n) is 3.10. The van der Waals surface area contributed by atoms with Crippen molar-refractivity contribution < 1.29 is 0 Å². The normalized spacial score (nSPS) is 12.4. The van der Waals surface area contributed by atoms with Gasteiger partial charge in [-0.1, -0.05) is 0 Å². The van der Waals surface area contributed by atoms with Gasteiger partial charge in [0.05, 0.1) is 19.0 Å². The number of aromatic nitrogens is 2. The maximum absolute atomic E-state index is 8.44. The van der Waals surface area contributed by atoms with Crippen LogP contribution in [0.3, 0.4) is 0 Å². The lowest BCUT2D eigenvalue weighted by Gasteiger charge is -2.09. The lowest BCUT2D eigenvalue weighted by atomic mass is 10.2. The van der Waals surface area contributed by atoms with Crippen LogP contribution in [0.1, 0.15) is 19.2 Å². The van der Waals surface area contributed by atoms with E-state index in [1.807, 2.05) is 24.7 Å². The first-order chi connectivity index (χ1) is 6.24. The molecular weight excluding hydrogens is 164 g/mol. The first kappa shape index (κ1) is 9.75. The van der Waals surface area contributed by atoms with E-state index in [1.54, 1.807) is 6.20 Å². The molecule has 1 heterocycles. The largest absolute Gasteiger partial charge is 0.337 e. The zero-order valence-electron chi connectivity index (χ0n) is 7.99. The molecule has 13 heavy (non-hydrogen) atoms. The SMILES string of the molecule is CC(CC#N)NCc1nccn1C. The zero-order chi connectivity index (χ0) is 9.68. The Kier molecular flexibility index (Phi) is 3.47. The van der Waals surface area contributed by atoms with Gasteiger partial charge in [0.25, 0.3) is 0 Å². The number of aryl methyl sites for hydroxylation is 1. The summed E-state index contributed by atoms with van der Waals surface area (Å²) in [4.78, 5) is 4.17. The third-order valence-electron chi connectivity index (χ3n) is 1.93. The molecule has 0 amide bonds. The molecule has 0 saturated carbocycles. The van der Waals surface area contributed by atoms with Gasteiger partial charge >= 0.3 is 0 Å². The molecule has 4 heteroatoms. The predicted molar refractivity (Wildman–Crippen MR) is 49.7 cm³/mol. The van der Waals surface area contributed by atoms with Crippen molar-refractivity contribution >= 4 is 0 Å². The Morgan fingerprint density at radius 2 is 2.54 bits per heavy atom. The van der Waals surface area contributed by atoms with E-state index in [2.05, 4.69) is 16.4 Å². The van der Waals surface area contributed by atoms with E-state index in [4.69, 9.17) is 5.26 Å². The first-order valence-corrected chi connectivity index (χ1v) is 4.30. The number of hydrogen-bond acceptors (Lipinski definition) is 3. The van der Waals surface area contributed by atoms with Gasteiger partial charge < -0.3 is 9.88 Å². The van der Waals surface area contributed by atoms with Gasteiger partial charge in [-0.25, -0.2) is 4.98 Å². The average Bonchev–Trinajstić information content (AvgIpc) is 2.48. The molecule has 1 atom stereocenters. The highest BCUT2D eigenvalue weighted by molar-refractivity contribution is 4.91. The summed E-state index contributed by atoms with van der Waals surface area (Å²) in [6.07, 6.45) is 4.21. The van der Waals surface area contributed by atoms with E-state index in [9.17, 15) is 0 Å². The van der Waals surface area contributed by atoms with Crippen molar-refractivity contribution in [3.05, 3.63) is 18.2 Å². The lowest BCUT2D eigenvalue weighted by Crippen LogP contribution is -2.26. The van der Waals surface area contributed by atoms with Crippen molar-refractivity contribution in [3.8, 4) is 6.07 Å². The second-order valence-corrected chi connectivity index (χ2v) is 3.10. The number of nitrogens with zero attached hydrogens (tertiary/aromatic N) is 3. The summed E-state index contributed by atoms with van der Waals surface area (Å²) < 4.78 is 1.96. The topological polar surface area (TPSA) is 53.6 Å². The van der Waals surface area contributed by atoms with Crippen molar-refractivity contribution in [2.75, 3.05) is 0 Å². The van der Waals surface area contributed by atoms with Crippen LogP contribution in [0.5, 0.6) is 0 Å². The molecule has 70 valence electrons. The highest BCUT2D eigenvalue weighted by Gasteiger charge is 2.02. The summed E-state index contributed by atoms with van der Waals surface area (Å²) in [6.45, 7) is 2.71. The van der Waals surface area contributed by atoms with Gasteiger partial charge in [0, 0.05) is 25.5 Å². The minimum absolute atomic E-state index is 0.224. The quantitative estimate of drug-likeness (QED) is 0.742. The Bertz CT molecular complexity index is 297. The summed E-state index contributed by atoms with van der Waals surface area (Å²) in [5.74, 6) is 0.991. The van der Waals surface area contributed by atoms with Crippen LogP contribution in [0.2, 0.25) is 0 Å². The number of nitrogens with one attached hydrogen (secondary N) is 1. The summed E-state index contributed by atoms with van der Waals surface area (Å²) in [6, 6.07) is 2.35. The molecule has 1 unspecified atom stereocenters. The minimum atomic E-state index is 0.224.